The van der Waals surface area contributed by atoms with E-state index in [1.54, 1.807) is 11.3 Å². The lowest BCUT2D eigenvalue weighted by Gasteiger charge is -2.36. The summed E-state index contributed by atoms with van der Waals surface area (Å²) in [6.07, 6.45) is -0.559. The molecule has 7 heteroatoms. The van der Waals surface area contributed by atoms with Gasteiger partial charge in [0.1, 0.15) is 6.10 Å². The number of hydrogen-bond donors (Lipinski definition) is 3. The molecule has 3 rings (SSSR count). The van der Waals surface area contributed by atoms with E-state index in [1.165, 1.54) is 10.1 Å². The first-order valence-electron chi connectivity index (χ1n) is 10.6. The normalized spacial score (nSPS) is 18.2. The van der Waals surface area contributed by atoms with Crippen LogP contribution in [-0.2, 0) is 4.74 Å². The van der Waals surface area contributed by atoms with Crippen LogP contribution in [0.15, 0.2) is 35.3 Å². The summed E-state index contributed by atoms with van der Waals surface area (Å²) in [7, 11) is 0. The van der Waals surface area contributed by atoms with Crippen LogP contribution in [0.25, 0.3) is 10.1 Å². The number of fused-ring (bicyclic) bond motifs is 1. The number of aliphatic hydroxyl groups excluding tert-OH is 1. The molecule has 29 heavy (non-hydrogen) atoms. The van der Waals surface area contributed by atoms with Gasteiger partial charge >= 0.3 is 0 Å². The van der Waals surface area contributed by atoms with Crippen LogP contribution < -0.4 is 10.6 Å². The van der Waals surface area contributed by atoms with E-state index in [1.807, 2.05) is 12.1 Å². The number of guanidine groups is 1. The van der Waals surface area contributed by atoms with Gasteiger partial charge in [-0.15, -0.1) is 11.3 Å². The van der Waals surface area contributed by atoms with E-state index in [0.29, 0.717) is 18.5 Å². The lowest BCUT2D eigenvalue weighted by molar-refractivity contribution is 0.00867. The highest BCUT2D eigenvalue weighted by Gasteiger charge is 2.23. The zero-order chi connectivity index (χ0) is 20.6. The van der Waals surface area contributed by atoms with Crippen LogP contribution in [0.1, 0.15) is 31.8 Å². The predicted octanol–water partition coefficient (Wildman–Crippen LogP) is 2.85. The fraction of sp³-hybridized carbons (Fsp3) is 0.591. The highest BCUT2D eigenvalue weighted by atomic mass is 32.1. The quantitative estimate of drug-likeness (QED) is 0.454. The van der Waals surface area contributed by atoms with E-state index in [2.05, 4.69) is 54.5 Å². The summed E-state index contributed by atoms with van der Waals surface area (Å²) in [5, 5.41) is 18.4. The number of benzene rings is 1. The molecule has 1 aromatic heterocycles. The molecule has 160 valence electrons. The van der Waals surface area contributed by atoms with Crippen LogP contribution in [0, 0.1) is 5.92 Å². The van der Waals surface area contributed by atoms with Crippen molar-refractivity contribution in [2.45, 2.75) is 32.9 Å². The van der Waals surface area contributed by atoms with E-state index in [9.17, 15) is 5.11 Å². The SMILES string of the molecule is CCNC(=NCC(C(C)C)N1CCOCC1)NCC(O)c1cc2ccccc2s1. The van der Waals surface area contributed by atoms with Crippen molar-refractivity contribution in [3.8, 4) is 0 Å². The number of nitrogens with zero attached hydrogens (tertiary/aromatic N) is 2. The Labute approximate surface area is 178 Å². The number of aliphatic hydroxyl groups is 1. The van der Waals surface area contributed by atoms with Crippen molar-refractivity contribution in [3.05, 3.63) is 35.2 Å². The number of nitrogens with one attached hydrogen (secondary N) is 2. The van der Waals surface area contributed by atoms with Gasteiger partial charge in [-0.1, -0.05) is 32.0 Å². The maximum absolute atomic E-state index is 10.7. The molecule has 2 aromatic rings. The van der Waals surface area contributed by atoms with Crippen LogP contribution in [0.4, 0.5) is 0 Å². The number of rotatable bonds is 8. The highest BCUT2D eigenvalue weighted by Crippen LogP contribution is 2.29. The Morgan fingerprint density at radius 3 is 2.69 bits per heavy atom. The van der Waals surface area contributed by atoms with Crippen LogP contribution >= 0.6 is 11.3 Å². The van der Waals surface area contributed by atoms with Crippen LogP contribution in [0.5, 0.6) is 0 Å². The minimum absolute atomic E-state index is 0.391. The molecule has 0 spiro atoms. The first kappa shape index (κ1) is 22.0. The third-order valence-electron chi connectivity index (χ3n) is 5.30. The third kappa shape index (κ3) is 6.15. The minimum Gasteiger partial charge on any atom is -0.386 e. The van der Waals surface area contributed by atoms with Gasteiger partial charge in [0.25, 0.3) is 0 Å². The molecular formula is C22H34N4O2S. The van der Waals surface area contributed by atoms with Gasteiger partial charge in [0.2, 0.25) is 0 Å². The average Bonchev–Trinajstić information content (AvgIpc) is 3.17. The van der Waals surface area contributed by atoms with E-state index >= 15 is 0 Å². The van der Waals surface area contributed by atoms with Crippen molar-refractivity contribution >= 4 is 27.4 Å². The standard InChI is InChI=1S/C22H34N4O2S/c1-4-23-22(24-14-18(16(2)3)26-9-11-28-12-10-26)25-15-19(27)21-13-17-7-5-6-8-20(17)29-21/h5-8,13,16,18-19,27H,4,9-12,14-15H2,1-3H3,(H2,23,24,25). The van der Waals surface area contributed by atoms with Crippen molar-refractivity contribution < 1.29 is 9.84 Å². The first-order valence-corrected chi connectivity index (χ1v) is 11.4. The Balaban J connectivity index is 1.60. The molecule has 1 aromatic carbocycles. The Bertz CT molecular complexity index is 753. The Hall–Kier alpha value is -1.67. The fourth-order valence-corrected chi connectivity index (χ4v) is 4.69. The molecule has 0 aliphatic carbocycles. The smallest absolute Gasteiger partial charge is 0.191 e. The van der Waals surface area contributed by atoms with Gasteiger partial charge in [0.05, 0.1) is 19.8 Å². The van der Waals surface area contributed by atoms with Crippen molar-refractivity contribution in [2.75, 3.05) is 45.9 Å². The second kappa shape index (κ2) is 10.9. The molecule has 6 nitrogen and oxygen atoms in total. The number of morpholine rings is 1. The molecule has 2 unspecified atom stereocenters. The molecule has 1 fully saturated rings. The largest absolute Gasteiger partial charge is 0.386 e. The van der Waals surface area contributed by atoms with Crippen LogP contribution in [-0.4, -0.2) is 67.9 Å². The molecule has 0 bridgehead atoms. The molecule has 2 atom stereocenters. The summed E-state index contributed by atoms with van der Waals surface area (Å²) in [5.41, 5.74) is 0. The highest BCUT2D eigenvalue weighted by molar-refractivity contribution is 7.19. The fourth-order valence-electron chi connectivity index (χ4n) is 3.64. The van der Waals surface area contributed by atoms with E-state index < -0.39 is 6.10 Å². The predicted molar refractivity (Wildman–Crippen MR) is 122 cm³/mol. The monoisotopic (exact) mass is 418 g/mol. The second-order valence-corrected chi connectivity index (χ2v) is 8.88. The first-order chi connectivity index (χ1) is 14.1. The van der Waals surface area contributed by atoms with Crippen molar-refractivity contribution in [2.24, 2.45) is 10.9 Å². The number of aliphatic imine (C=N–C) groups is 1. The van der Waals surface area contributed by atoms with E-state index in [4.69, 9.17) is 9.73 Å². The van der Waals surface area contributed by atoms with Crippen molar-refractivity contribution in [1.29, 1.82) is 0 Å². The molecule has 0 radical (unpaired) electrons. The number of thiophene rings is 1. The maximum atomic E-state index is 10.7. The molecule has 2 heterocycles. The average molecular weight is 419 g/mol. The van der Waals surface area contributed by atoms with Crippen LogP contribution in [0.3, 0.4) is 0 Å². The molecule has 1 aliphatic rings. The molecule has 1 saturated heterocycles. The second-order valence-electron chi connectivity index (χ2n) is 7.76. The van der Waals surface area contributed by atoms with Gasteiger partial charge in [-0.3, -0.25) is 9.89 Å². The summed E-state index contributed by atoms with van der Waals surface area (Å²) in [6, 6.07) is 10.7. The van der Waals surface area contributed by atoms with Gasteiger partial charge in [-0.25, -0.2) is 0 Å². The summed E-state index contributed by atoms with van der Waals surface area (Å²) in [6.45, 7) is 12.0. The molecule has 1 aliphatic heterocycles. The Morgan fingerprint density at radius 1 is 1.24 bits per heavy atom. The zero-order valence-corrected chi connectivity index (χ0v) is 18.5. The lowest BCUT2D eigenvalue weighted by Crippen LogP contribution is -2.48. The van der Waals surface area contributed by atoms with E-state index in [0.717, 1.165) is 50.2 Å². The maximum Gasteiger partial charge on any atom is 0.191 e. The summed E-state index contributed by atoms with van der Waals surface area (Å²) < 4.78 is 6.69. The summed E-state index contributed by atoms with van der Waals surface area (Å²) in [5.74, 6) is 1.27. The van der Waals surface area contributed by atoms with Crippen molar-refractivity contribution in [3.63, 3.8) is 0 Å². The van der Waals surface area contributed by atoms with Crippen LogP contribution in [0.2, 0.25) is 0 Å². The Morgan fingerprint density at radius 2 is 2.00 bits per heavy atom. The topological polar surface area (TPSA) is 69.1 Å². The molecular weight excluding hydrogens is 384 g/mol. The van der Waals surface area contributed by atoms with Gasteiger partial charge < -0.3 is 20.5 Å². The number of hydrogen-bond acceptors (Lipinski definition) is 5. The third-order valence-corrected chi connectivity index (χ3v) is 6.52. The van der Waals surface area contributed by atoms with Gasteiger partial charge in [0.15, 0.2) is 5.96 Å². The Kier molecular flexibility index (Phi) is 8.29. The van der Waals surface area contributed by atoms with Gasteiger partial charge in [-0.2, -0.15) is 0 Å². The molecule has 0 amide bonds. The summed E-state index contributed by atoms with van der Waals surface area (Å²) in [4.78, 5) is 8.28. The van der Waals surface area contributed by atoms with Gasteiger partial charge in [-0.05, 0) is 30.4 Å². The van der Waals surface area contributed by atoms with Gasteiger partial charge in [0, 0.05) is 41.8 Å². The number of ether oxygens (including phenoxy) is 1. The lowest BCUT2D eigenvalue weighted by atomic mass is 10.0. The summed E-state index contributed by atoms with van der Waals surface area (Å²) >= 11 is 1.64. The molecule has 3 N–H and O–H groups in total. The van der Waals surface area contributed by atoms with Crippen molar-refractivity contribution in [1.82, 2.24) is 15.5 Å². The molecule has 0 saturated carbocycles. The van der Waals surface area contributed by atoms with E-state index in [-0.39, 0.29) is 0 Å². The zero-order valence-electron chi connectivity index (χ0n) is 17.7. The minimum atomic E-state index is -0.559.